The first-order chi connectivity index (χ1) is 21.3. The van der Waals surface area contributed by atoms with Crippen molar-refractivity contribution < 1.29 is 0 Å². The average Bonchev–Trinajstić information content (AvgIpc) is 3.40. The highest BCUT2D eigenvalue weighted by Crippen LogP contribution is 2.42. The van der Waals surface area contributed by atoms with E-state index in [1.54, 1.807) is 12.4 Å². The molecule has 3 heteroatoms. The van der Waals surface area contributed by atoms with Crippen LogP contribution >= 0.6 is 0 Å². The normalized spacial score (nSPS) is 11.7. The molecule has 2 aromatic heterocycles. The smallest absolute Gasteiger partial charge is 0.113 e. The molecule has 0 N–H and O–H groups in total. The Balaban J connectivity index is 1.41. The molecule has 0 aliphatic carbocycles. The Bertz CT molecular complexity index is 2500. The molecule has 2 heterocycles. The number of hydrogen-bond donors (Lipinski definition) is 0. The van der Waals surface area contributed by atoms with E-state index in [1.165, 1.54) is 43.4 Å². The van der Waals surface area contributed by atoms with Crippen LogP contribution in [0.4, 0.5) is 0 Å². The van der Waals surface area contributed by atoms with Gasteiger partial charge in [-0.2, -0.15) is 0 Å². The average molecular weight is 548 g/mol. The van der Waals surface area contributed by atoms with E-state index in [0.29, 0.717) is 0 Å². The van der Waals surface area contributed by atoms with E-state index in [-0.39, 0.29) is 0 Å². The van der Waals surface area contributed by atoms with Gasteiger partial charge in [0.1, 0.15) is 5.52 Å². The number of hydrogen-bond acceptors (Lipinski definition) is 2. The maximum Gasteiger partial charge on any atom is 0.113 e. The molecule has 9 aromatic rings. The highest BCUT2D eigenvalue weighted by molar-refractivity contribution is 6.19. The monoisotopic (exact) mass is 547 g/mol. The Hall–Kier alpha value is -5.80. The van der Waals surface area contributed by atoms with Crippen LogP contribution in [-0.2, 0) is 0 Å². The molecule has 0 radical (unpaired) electrons. The summed E-state index contributed by atoms with van der Waals surface area (Å²) in [6.07, 6.45) is 3.60. The lowest BCUT2D eigenvalue weighted by Crippen LogP contribution is -1.99. The summed E-state index contributed by atoms with van der Waals surface area (Å²) in [5, 5.41) is 7.33. The minimum Gasteiger partial charge on any atom is -0.307 e. The molecular weight excluding hydrogens is 522 g/mol. The van der Waals surface area contributed by atoms with Gasteiger partial charge in [-0.15, -0.1) is 0 Å². The molecule has 0 saturated carbocycles. The number of aromatic nitrogens is 3. The molecule has 0 saturated heterocycles. The molecule has 0 spiro atoms. The Kier molecular flexibility index (Phi) is 5.20. The molecule has 0 aliphatic rings. The summed E-state index contributed by atoms with van der Waals surface area (Å²) in [6.45, 7) is 0. The molecule has 0 fully saturated rings. The molecule has 3 nitrogen and oxygen atoms in total. The quantitative estimate of drug-likeness (QED) is 0.220. The molecule has 0 aliphatic heterocycles. The van der Waals surface area contributed by atoms with Crippen LogP contribution < -0.4 is 0 Å². The number of rotatable bonds is 3. The molecule has 0 bridgehead atoms. The van der Waals surface area contributed by atoms with Gasteiger partial charge < -0.3 is 4.57 Å². The van der Waals surface area contributed by atoms with E-state index < -0.39 is 0 Å². The summed E-state index contributed by atoms with van der Waals surface area (Å²) in [6, 6.07) is 50.0. The summed E-state index contributed by atoms with van der Waals surface area (Å²) in [5.74, 6) is 0. The topological polar surface area (TPSA) is 30.7 Å². The molecular formula is C40H25N3. The number of benzene rings is 7. The van der Waals surface area contributed by atoms with Crippen LogP contribution in [0.2, 0.25) is 0 Å². The van der Waals surface area contributed by atoms with Crippen molar-refractivity contribution in [2.24, 2.45) is 0 Å². The van der Waals surface area contributed by atoms with Gasteiger partial charge >= 0.3 is 0 Å². The van der Waals surface area contributed by atoms with Crippen LogP contribution in [0.15, 0.2) is 152 Å². The van der Waals surface area contributed by atoms with Gasteiger partial charge in [0.15, 0.2) is 0 Å². The Labute approximate surface area is 248 Å². The van der Waals surface area contributed by atoms with Crippen molar-refractivity contribution >= 4 is 54.4 Å². The lowest BCUT2D eigenvalue weighted by Gasteiger charge is -2.15. The fraction of sp³-hybridized carbons (Fsp3) is 0. The van der Waals surface area contributed by atoms with E-state index in [2.05, 4.69) is 144 Å². The fourth-order valence-electron chi connectivity index (χ4n) is 6.77. The summed E-state index contributed by atoms with van der Waals surface area (Å²) in [5.41, 5.74) is 9.77. The first-order valence-electron chi connectivity index (χ1n) is 14.6. The van der Waals surface area contributed by atoms with Gasteiger partial charge in [-0.1, -0.05) is 109 Å². The van der Waals surface area contributed by atoms with Crippen molar-refractivity contribution in [3.63, 3.8) is 0 Å². The summed E-state index contributed by atoms with van der Waals surface area (Å²) in [4.78, 5) is 9.91. The maximum absolute atomic E-state index is 4.98. The minimum absolute atomic E-state index is 0.880. The highest BCUT2D eigenvalue weighted by Gasteiger charge is 2.20. The van der Waals surface area contributed by atoms with Crippen LogP contribution in [0, 0.1) is 0 Å². The van der Waals surface area contributed by atoms with Crippen molar-refractivity contribution in [1.82, 2.24) is 14.5 Å². The highest BCUT2D eigenvalue weighted by atomic mass is 15.0. The van der Waals surface area contributed by atoms with Gasteiger partial charge in [0.25, 0.3) is 0 Å². The van der Waals surface area contributed by atoms with Gasteiger partial charge in [-0.3, -0.25) is 9.97 Å². The molecule has 9 rings (SSSR count). The third kappa shape index (κ3) is 3.62. The summed E-state index contributed by atoms with van der Waals surface area (Å²) in [7, 11) is 0. The summed E-state index contributed by atoms with van der Waals surface area (Å²) < 4.78 is 2.38. The van der Waals surface area contributed by atoms with Crippen LogP contribution in [0.25, 0.3) is 82.3 Å². The molecule has 200 valence electrons. The standard InChI is InChI=1S/C40H25N3/c1-2-10-27(11-3-1)31-17-9-19-35-38(31)34-24-28-13-4-5-14-29(28)25-37(34)43(35)36-21-20-33(39-40(36)42-23-22-41-39)32-18-8-15-26-12-6-7-16-30(26)32/h1-25H. The van der Waals surface area contributed by atoms with Gasteiger partial charge in [-0.05, 0) is 68.6 Å². The molecule has 0 unspecified atom stereocenters. The fourth-order valence-corrected chi connectivity index (χ4v) is 6.77. The van der Waals surface area contributed by atoms with E-state index in [9.17, 15) is 0 Å². The second-order valence-electron chi connectivity index (χ2n) is 11.0. The van der Waals surface area contributed by atoms with E-state index in [0.717, 1.165) is 38.9 Å². The zero-order valence-corrected chi connectivity index (χ0v) is 23.3. The predicted octanol–water partition coefficient (Wildman–Crippen LogP) is 10.4. The van der Waals surface area contributed by atoms with Crippen molar-refractivity contribution in [3.8, 4) is 27.9 Å². The SMILES string of the molecule is c1ccc(-c2cccc3c2c2cc4ccccc4cc2n3-c2ccc(-c3cccc4ccccc34)c3nccnc23)cc1. The first kappa shape index (κ1) is 23.9. The summed E-state index contributed by atoms with van der Waals surface area (Å²) >= 11 is 0. The largest absolute Gasteiger partial charge is 0.307 e. The molecule has 7 aromatic carbocycles. The van der Waals surface area contributed by atoms with Crippen molar-refractivity contribution in [2.75, 3.05) is 0 Å². The Morgan fingerprint density at radius 2 is 1.09 bits per heavy atom. The first-order valence-corrected chi connectivity index (χ1v) is 14.6. The van der Waals surface area contributed by atoms with Crippen molar-refractivity contribution in [1.29, 1.82) is 0 Å². The van der Waals surface area contributed by atoms with E-state index in [1.807, 2.05) is 0 Å². The molecule has 0 amide bonds. The van der Waals surface area contributed by atoms with Crippen LogP contribution in [0.5, 0.6) is 0 Å². The second kappa shape index (κ2) is 9.37. The second-order valence-corrected chi connectivity index (χ2v) is 11.0. The van der Waals surface area contributed by atoms with Gasteiger partial charge in [-0.25, -0.2) is 0 Å². The lowest BCUT2D eigenvalue weighted by atomic mass is 9.96. The minimum atomic E-state index is 0.880. The van der Waals surface area contributed by atoms with E-state index >= 15 is 0 Å². The number of fused-ring (bicyclic) bond motifs is 6. The van der Waals surface area contributed by atoms with Crippen LogP contribution in [-0.4, -0.2) is 14.5 Å². The van der Waals surface area contributed by atoms with Crippen molar-refractivity contribution in [2.45, 2.75) is 0 Å². The molecule has 0 atom stereocenters. The van der Waals surface area contributed by atoms with Crippen LogP contribution in [0.1, 0.15) is 0 Å². The maximum atomic E-state index is 4.98. The van der Waals surface area contributed by atoms with Gasteiger partial charge in [0, 0.05) is 28.7 Å². The molecule has 43 heavy (non-hydrogen) atoms. The van der Waals surface area contributed by atoms with Crippen molar-refractivity contribution in [3.05, 3.63) is 152 Å². The van der Waals surface area contributed by atoms with Gasteiger partial charge in [0.05, 0.1) is 22.2 Å². The Morgan fingerprint density at radius 1 is 0.419 bits per heavy atom. The van der Waals surface area contributed by atoms with Gasteiger partial charge in [0.2, 0.25) is 0 Å². The third-order valence-electron chi connectivity index (χ3n) is 8.67. The van der Waals surface area contributed by atoms with E-state index in [4.69, 9.17) is 9.97 Å². The third-order valence-corrected chi connectivity index (χ3v) is 8.67. The number of nitrogens with zero attached hydrogens (tertiary/aromatic N) is 3. The zero-order chi connectivity index (χ0) is 28.3. The lowest BCUT2D eigenvalue weighted by molar-refractivity contribution is 1.17. The Morgan fingerprint density at radius 3 is 1.95 bits per heavy atom. The zero-order valence-electron chi connectivity index (χ0n) is 23.3. The predicted molar refractivity (Wildman–Crippen MR) is 180 cm³/mol. The van der Waals surface area contributed by atoms with Crippen LogP contribution in [0.3, 0.4) is 0 Å².